The van der Waals surface area contributed by atoms with Crippen molar-refractivity contribution in [3.8, 4) is 0 Å². The third-order valence-corrected chi connectivity index (χ3v) is 2.90. The molecular weight excluding hydrogens is 204 g/mol. The fourth-order valence-electron chi connectivity index (χ4n) is 1.80. The summed E-state index contributed by atoms with van der Waals surface area (Å²) >= 11 is 0. The molecule has 1 fully saturated rings. The maximum atomic E-state index is 11.9. The highest BCUT2D eigenvalue weighted by Gasteiger charge is 2.30. The number of hydrogen-bond donors (Lipinski definition) is 1. The summed E-state index contributed by atoms with van der Waals surface area (Å²) in [5, 5.41) is 9.73. The molecule has 0 aromatic carbocycles. The lowest BCUT2D eigenvalue weighted by Crippen LogP contribution is -2.44. The first-order valence-corrected chi connectivity index (χ1v) is 6.04. The molecule has 0 bridgehead atoms. The molecule has 1 saturated carbocycles. The summed E-state index contributed by atoms with van der Waals surface area (Å²) in [5.41, 5.74) is -0.742. The Morgan fingerprint density at radius 2 is 2.00 bits per heavy atom. The minimum absolute atomic E-state index is 0.161. The van der Waals surface area contributed by atoms with Gasteiger partial charge >= 0.3 is 0 Å². The van der Waals surface area contributed by atoms with Gasteiger partial charge in [0.25, 0.3) is 0 Å². The molecule has 0 saturated heterocycles. The van der Waals surface area contributed by atoms with Crippen LogP contribution in [0.15, 0.2) is 0 Å². The summed E-state index contributed by atoms with van der Waals surface area (Å²) in [6.07, 6.45) is 2.28. The molecule has 4 heteroatoms. The van der Waals surface area contributed by atoms with Gasteiger partial charge in [0.05, 0.1) is 12.1 Å². The second kappa shape index (κ2) is 5.15. The second-order valence-corrected chi connectivity index (χ2v) is 5.35. The van der Waals surface area contributed by atoms with E-state index >= 15 is 0 Å². The van der Waals surface area contributed by atoms with Gasteiger partial charge < -0.3 is 10.0 Å². The molecule has 0 aliphatic heterocycles. The van der Waals surface area contributed by atoms with Crippen molar-refractivity contribution < 1.29 is 9.90 Å². The van der Waals surface area contributed by atoms with Crippen molar-refractivity contribution >= 4 is 5.91 Å². The molecule has 4 nitrogen and oxygen atoms in total. The Hall–Kier alpha value is -0.610. The summed E-state index contributed by atoms with van der Waals surface area (Å²) in [4.78, 5) is 15.7. The standard InChI is InChI=1S/C12H24N2O2/c1-5-14(9-12(2,3)16)8-11(15)13(4)10-6-7-10/h10,16H,5-9H2,1-4H3. The summed E-state index contributed by atoms with van der Waals surface area (Å²) in [6.45, 7) is 7.28. The van der Waals surface area contributed by atoms with Gasteiger partial charge in [0.1, 0.15) is 0 Å². The molecule has 16 heavy (non-hydrogen) atoms. The van der Waals surface area contributed by atoms with Crippen LogP contribution in [0.5, 0.6) is 0 Å². The van der Waals surface area contributed by atoms with Gasteiger partial charge in [0.2, 0.25) is 5.91 Å². The molecule has 0 atom stereocenters. The quantitative estimate of drug-likeness (QED) is 0.728. The largest absolute Gasteiger partial charge is 0.389 e. The summed E-state index contributed by atoms with van der Waals surface area (Å²) in [5.74, 6) is 0.161. The molecule has 0 heterocycles. The van der Waals surface area contributed by atoms with Gasteiger partial charge in [-0.05, 0) is 33.2 Å². The number of amides is 1. The van der Waals surface area contributed by atoms with Gasteiger partial charge in [0.15, 0.2) is 0 Å². The predicted octanol–water partition coefficient (Wildman–Crippen LogP) is 0.700. The smallest absolute Gasteiger partial charge is 0.236 e. The van der Waals surface area contributed by atoms with E-state index in [2.05, 4.69) is 0 Å². The van der Waals surface area contributed by atoms with Crippen LogP contribution >= 0.6 is 0 Å². The average molecular weight is 228 g/mol. The van der Waals surface area contributed by atoms with E-state index in [1.54, 1.807) is 13.8 Å². The molecule has 1 rings (SSSR count). The van der Waals surface area contributed by atoms with Crippen LogP contribution in [-0.4, -0.2) is 59.1 Å². The van der Waals surface area contributed by atoms with Crippen LogP contribution in [0.3, 0.4) is 0 Å². The first kappa shape index (κ1) is 13.5. The number of hydrogen-bond acceptors (Lipinski definition) is 3. The second-order valence-electron chi connectivity index (χ2n) is 5.35. The summed E-state index contributed by atoms with van der Waals surface area (Å²) < 4.78 is 0. The van der Waals surface area contributed by atoms with Gasteiger partial charge in [0, 0.05) is 19.6 Å². The van der Waals surface area contributed by atoms with Gasteiger partial charge in [-0.3, -0.25) is 9.69 Å². The van der Waals surface area contributed by atoms with Crippen molar-refractivity contribution in [2.45, 2.75) is 45.3 Å². The van der Waals surface area contributed by atoms with Gasteiger partial charge in [-0.2, -0.15) is 0 Å². The van der Waals surface area contributed by atoms with Crippen molar-refractivity contribution in [3.05, 3.63) is 0 Å². The third-order valence-electron chi connectivity index (χ3n) is 2.90. The van der Waals surface area contributed by atoms with Crippen LogP contribution in [-0.2, 0) is 4.79 Å². The summed E-state index contributed by atoms with van der Waals surface area (Å²) in [6, 6.07) is 0.466. The maximum absolute atomic E-state index is 11.9. The minimum atomic E-state index is -0.742. The Bertz CT molecular complexity index is 244. The number of carbonyl (C=O) groups is 1. The number of nitrogens with zero attached hydrogens (tertiary/aromatic N) is 2. The third kappa shape index (κ3) is 4.49. The Labute approximate surface area is 98.2 Å². The maximum Gasteiger partial charge on any atom is 0.236 e. The lowest BCUT2D eigenvalue weighted by Gasteiger charge is -2.29. The van der Waals surface area contributed by atoms with Crippen molar-refractivity contribution in [1.82, 2.24) is 9.80 Å². The number of rotatable bonds is 6. The van der Waals surface area contributed by atoms with E-state index in [4.69, 9.17) is 0 Å². The topological polar surface area (TPSA) is 43.8 Å². The van der Waals surface area contributed by atoms with Gasteiger partial charge in [-0.25, -0.2) is 0 Å². The monoisotopic (exact) mass is 228 g/mol. The van der Waals surface area contributed by atoms with Crippen LogP contribution in [0.1, 0.15) is 33.6 Å². The normalized spacial score (nSPS) is 16.6. The van der Waals surface area contributed by atoms with E-state index in [1.165, 1.54) is 0 Å². The Balaban J connectivity index is 2.39. The molecular formula is C12H24N2O2. The zero-order valence-corrected chi connectivity index (χ0v) is 10.9. The number of aliphatic hydroxyl groups is 1. The van der Waals surface area contributed by atoms with E-state index in [1.807, 2.05) is 23.8 Å². The van der Waals surface area contributed by atoms with Crippen LogP contribution in [0.25, 0.3) is 0 Å². The predicted molar refractivity (Wildman–Crippen MR) is 64.2 cm³/mol. The molecule has 1 aliphatic carbocycles. The van der Waals surface area contributed by atoms with Crippen LogP contribution in [0.4, 0.5) is 0 Å². The molecule has 1 amide bonds. The van der Waals surface area contributed by atoms with E-state index in [-0.39, 0.29) is 5.91 Å². The number of likely N-dealkylation sites (N-methyl/N-ethyl adjacent to an activating group) is 2. The average Bonchev–Trinajstić information content (AvgIpc) is 2.96. The number of carbonyl (C=O) groups excluding carboxylic acids is 1. The molecule has 0 spiro atoms. The van der Waals surface area contributed by atoms with Gasteiger partial charge in [-0.1, -0.05) is 6.92 Å². The Kier molecular flexibility index (Phi) is 4.33. The zero-order chi connectivity index (χ0) is 12.3. The lowest BCUT2D eigenvalue weighted by molar-refractivity contribution is -0.132. The fourth-order valence-corrected chi connectivity index (χ4v) is 1.80. The van der Waals surface area contributed by atoms with Crippen molar-refractivity contribution in [3.63, 3.8) is 0 Å². The Morgan fingerprint density at radius 1 is 1.44 bits per heavy atom. The zero-order valence-electron chi connectivity index (χ0n) is 10.9. The molecule has 0 unspecified atom stereocenters. The van der Waals surface area contributed by atoms with Crippen LogP contribution in [0.2, 0.25) is 0 Å². The van der Waals surface area contributed by atoms with Crippen molar-refractivity contribution in [2.75, 3.05) is 26.7 Å². The highest BCUT2D eigenvalue weighted by atomic mass is 16.3. The van der Waals surface area contributed by atoms with E-state index in [0.717, 1.165) is 19.4 Å². The highest BCUT2D eigenvalue weighted by molar-refractivity contribution is 5.78. The highest BCUT2D eigenvalue weighted by Crippen LogP contribution is 2.25. The molecule has 0 aromatic rings. The summed E-state index contributed by atoms with van der Waals surface area (Å²) in [7, 11) is 1.87. The molecule has 0 radical (unpaired) electrons. The van der Waals surface area contributed by atoms with E-state index in [9.17, 15) is 9.90 Å². The van der Waals surface area contributed by atoms with Crippen molar-refractivity contribution in [1.29, 1.82) is 0 Å². The fraction of sp³-hybridized carbons (Fsp3) is 0.917. The molecule has 1 aliphatic rings. The van der Waals surface area contributed by atoms with Crippen LogP contribution < -0.4 is 0 Å². The van der Waals surface area contributed by atoms with E-state index in [0.29, 0.717) is 19.1 Å². The Morgan fingerprint density at radius 3 is 2.38 bits per heavy atom. The molecule has 1 N–H and O–H groups in total. The van der Waals surface area contributed by atoms with Crippen LogP contribution in [0, 0.1) is 0 Å². The minimum Gasteiger partial charge on any atom is -0.389 e. The first-order chi connectivity index (χ1) is 7.33. The molecule has 94 valence electrons. The van der Waals surface area contributed by atoms with E-state index < -0.39 is 5.60 Å². The lowest BCUT2D eigenvalue weighted by atomic mass is 10.1. The first-order valence-electron chi connectivity index (χ1n) is 6.04. The van der Waals surface area contributed by atoms with Crippen molar-refractivity contribution in [2.24, 2.45) is 0 Å². The SMILES string of the molecule is CCN(CC(=O)N(C)C1CC1)CC(C)(C)O. The van der Waals surface area contributed by atoms with Gasteiger partial charge in [-0.15, -0.1) is 0 Å². The molecule has 0 aromatic heterocycles.